The highest BCUT2D eigenvalue weighted by Gasteiger charge is 2.25. The van der Waals surface area contributed by atoms with Crippen molar-refractivity contribution in [1.82, 2.24) is 0 Å². The molecule has 0 saturated heterocycles. The van der Waals surface area contributed by atoms with Crippen molar-refractivity contribution in [3.8, 4) is 5.75 Å². The zero-order valence-electron chi connectivity index (χ0n) is 9.08. The summed E-state index contributed by atoms with van der Waals surface area (Å²) in [5, 5.41) is 12.8. The Morgan fingerprint density at radius 3 is 2.47 bits per heavy atom. The fraction of sp³-hybridized carbons (Fsp3) is 0.500. The molecule has 0 aliphatic heterocycles. The molecule has 0 aromatic heterocycles. The Labute approximate surface area is 89.1 Å². The molecule has 15 heavy (non-hydrogen) atoms. The van der Waals surface area contributed by atoms with E-state index in [2.05, 4.69) is 5.18 Å². The Hall–Kier alpha value is -1.38. The van der Waals surface area contributed by atoms with Gasteiger partial charge in [-0.25, -0.2) is 0 Å². The Bertz CT molecular complexity index is 409. The number of aromatic hydroxyl groups is 1. The summed E-state index contributed by atoms with van der Waals surface area (Å²) in [7, 11) is 0. The molecule has 1 aliphatic carbocycles. The van der Waals surface area contributed by atoms with Crippen LogP contribution in [-0.4, -0.2) is 5.11 Å². The maximum absolute atomic E-state index is 10.5. The molecule has 2 rings (SSSR count). The Kier molecular flexibility index (Phi) is 2.47. The first-order valence-corrected chi connectivity index (χ1v) is 5.31. The van der Waals surface area contributed by atoms with Crippen molar-refractivity contribution in [1.29, 1.82) is 0 Å². The normalized spacial score (nSPS) is 16.1. The second-order valence-corrected chi connectivity index (χ2v) is 4.30. The number of benzene rings is 1. The van der Waals surface area contributed by atoms with Crippen molar-refractivity contribution in [3.63, 3.8) is 0 Å². The van der Waals surface area contributed by atoms with Gasteiger partial charge < -0.3 is 5.11 Å². The van der Waals surface area contributed by atoms with Gasteiger partial charge in [0, 0.05) is 11.6 Å². The predicted octanol–water partition coefficient (Wildman–Crippen LogP) is 3.67. The average molecular weight is 205 g/mol. The van der Waals surface area contributed by atoms with Crippen LogP contribution in [0.2, 0.25) is 0 Å². The van der Waals surface area contributed by atoms with Crippen molar-refractivity contribution in [2.75, 3.05) is 0 Å². The van der Waals surface area contributed by atoms with Crippen LogP contribution in [-0.2, 0) is 0 Å². The number of nitrogens with zero attached hydrogens (tertiary/aromatic N) is 1. The van der Waals surface area contributed by atoms with Gasteiger partial charge in [0.1, 0.15) is 11.4 Å². The summed E-state index contributed by atoms with van der Waals surface area (Å²) in [6, 6.07) is 1.49. The number of phenols is 1. The zero-order chi connectivity index (χ0) is 11.0. The SMILES string of the molecule is Cc1c(N=O)cc(O)c(C2CCC2)c1C. The molecule has 1 aromatic carbocycles. The molecule has 0 amide bonds. The van der Waals surface area contributed by atoms with Crippen LogP contribution < -0.4 is 0 Å². The molecular weight excluding hydrogens is 190 g/mol. The van der Waals surface area contributed by atoms with E-state index in [1.54, 1.807) is 0 Å². The molecule has 3 heteroatoms. The summed E-state index contributed by atoms with van der Waals surface area (Å²) in [5.41, 5.74) is 3.29. The van der Waals surface area contributed by atoms with E-state index in [0.717, 1.165) is 29.5 Å². The maximum Gasteiger partial charge on any atom is 0.121 e. The standard InChI is InChI=1S/C12H15NO2/c1-7-8(2)12(9-4-3-5-9)11(14)6-10(7)13-15/h6,9,14H,3-5H2,1-2H3. The molecule has 1 aromatic rings. The summed E-state index contributed by atoms with van der Waals surface area (Å²) in [4.78, 5) is 10.5. The van der Waals surface area contributed by atoms with Crippen LogP contribution in [0, 0.1) is 18.8 Å². The molecule has 3 nitrogen and oxygen atoms in total. The quantitative estimate of drug-likeness (QED) is 0.749. The lowest BCUT2D eigenvalue weighted by molar-refractivity contribution is 0.391. The lowest BCUT2D eigenvalue weighted by Crippen LogP contribution is -2.11. The van der Waals surface area contributed by atoms with Crippen LogP contribution in [0.1, 0.15) is 41.9 Å². The van der Waals surface area contributed by atoms with Crippen LogP contribution in [0.15, 0.2) is 11.2 Å². The first-order valence-electron chi connectivity index (χ1n) is 5.31. The molecule has 0 radical (unpaired) electrons. The second-order valence-electron chi connectivity index (χ2n) is 4.30. The lowest BCUT2D eigenvalue weighted by Gasteiger charge is -2.28. The topological polar surface area (TPSA) is 49.7 Å². The molecule has 0 heterocycles. The van der Waals surface area contributed by atoms with Crippen molar-refractivity contribution in [3.05, 3.63) is 27.7 Å². The average Bonchev–Trinajstić information content (AvgIpc) is 2.15. The third kappa shape index (κ3) is 1.52. The van der Waals surface area contributed by atoms with Gasteiger partial charge in [0.15, 0.2) is 0 Å². The molecule has 80 valence electrons. The molecule has 0 bridgehead atoms. The van der Waals surface area contributed by atoms with E-state index in [-0.39, 0.29) is 5.75 Å². The summed E-state index contributed by atoms with van der Waals surface area (Å²) < 4.78 is 0. The maximum atomic E-state index is 10.5. The summed E-state index contributed by atoms with van der Waals surface area (Å²) >= 11 is 0. The van der Waals surface area contributed by atoms with Crippen LogP contribution in [0.3, 0.4) is 0 Å². The number of phenolic OH excluding ortho intramolecular Hbond substituents is 1. The van der Waals surface area contributed by atoms with Crippen LogP contribution >= 0.6 is 0 Å². The second kappa shape index (κ2) is 3.65. The van der Waals surface area contributed by atoms with Gasteiger partial charge in [0.05, 0.1) is 0 Å². The Morgan fingerprint density at radius 2 is 2.00 bits per heavy atom. The molecule has 1 N–H and O–H groups in total. The van der Waals surface area contributed by atoms with Gasteiger partial charge in [0.2, 0.25) is 0 Å². The molecule has 0 spiro atoms. The van der Waals surface area contributed by atoms with Crippen LogP contribution in [0.25, 0.3) is 0 Å². The van der Waals surface area contributed by atoms with E-state index in [9.17, 15) is 10.0 Å². The van der Waals surface area contributed by atoms with E-state index < -0.39 is 0 Å². The van der Waals surface area contributed by atoms with Gasteiger partial charge in [-0.1, -0.05) is 6.42 Å². The van der Waals surface area contributed by atoms with Gasteiger partial charge in [-0.15, -0.1) is 4.91 Å². The van der Waals surface area contributed by atoms with Crippen molar-refractivity contribution >= 4 is 5.69 Å². The van der Waals surface area contributed by atoms with E-state index in [1.165, 1.54) is 12.5 Å². The summed E-state index contributed by atoms with van der Waals surface area (Å²) in [6.07, 6.45) is 3.51. The molecule has 1 fully saturated rings. The number of hydrogen-bond acceptors (Lipinski definition) is 3. The minimum absolute atomic E-state index is 0.234. The van der Waals surface area contributed by atoms with E-state index in [0.29, 0.717) is 11.6 Å². The highest BCUT2D eigenvalue weighted by molar-refractivity contribution is 5.59. The fourth-order valence-corrected chi connectivity index (χ4v) is 2.21. The molecule has 0 unspecified atom stereocenters. The monoisotopic (exact) mass is 205 g/mol. The molecule has 0 atom stereocenters. The van der Waals surface area contributed by atoms with Crippen molar-refractivity contribution in [2.24, 2.45) is 5.18 Å². The van der Waals surface area contributed by atoms with E-state index in [1.807, 2.05) is 13.8 Å². The summed E-state index contributed by atoms with van der Waals surface area (Å²) in [5.74, 6) is 0.710. The highest BCUT2D eigenvalue weighted by atomic mass is 16.3. The molecule has 1 aliphatic rings. The third-order valence-electron chi connectivity index (χ3n) is 3.51. The van der Waals surface area contributed by atoms with Crippen LogP contribution in [0.5, 0.6) is 5.75 Å². The first kappa shape index (κ1) is 10.1. The van der Waals surface area contributed by atoms with Crippen molar-refractivity contribution in [2.45, 2.75) is 39.0 Å². The largest absolute Gasteiger partial charge is 0.508 e. The van der Waals surface area contributed by atoms with Crippen molar-refractivity contribution < 1.29 is 5.11 Å². The summed E-state index contributed by atoms with van der Waals surface area (Å²) in [6.45, 7) is 3.84. The minimum Gasteiger partial charge on any atom is -0.508 e. The van der Waals surface area contributed by atoms with Gasteiger partial charge >= 0.3 is 0 Å². The van der Waals surface area contributed by atoms with Crippen LogP contribution in [0.4, 0.5) is 5.69 Å². The third-order valence-corrected chi connectivity index (χ3v) is 3.51. The predicted molar refractivity (Wildman–Crippen MR) is 59.6 cm³/mol. The van der Waals surface area contributed by atoms with Gasteiger partial charge in [-0.3, -0.25) is 0 Å². The highest BCUT2D eigenvalue weighted by Crippen LogP contribution is 2.44. The first-order chi connectivity index (χ1) is 7.15. The van der Waals surface area contributed by atoms with Gasteiger partial charge in [-0.2, -0.15) is 0 Å². The minimum atomic E-state index is 0.234. The van der Waals surface area contributed by atoms with Gasteiger partial charge in [0.25, 0.3) is 0 Å². The lowest BCUT2D eigenvalue weighted by atomic mass is 9.77. The van der Waals surface area contributed by atoms with E-state index >= 15 is 0 Å². The van der Waals surface area contributed by atoms with E-state index in [4.69, 9.17) is 0 Å². The number of rotatable bonds is 2. The molecule has 1 saturated carbocycles. The fourth-order valence-electron chi connectivity index (χ4n) is 2.21. The Morgan fingerprint density at radius 1 is 1.33 bits per heavy atom. The number of nitroso groups, excluding NO2 is 1. The molecular formula is C12H15NO2. The smallest absolute Gasteiger partial charge is 0.121 e. The van der Waals surface area contributed by atoms with Gasteiger partial charge in [-0.05, 0) is 48.9 Å². The zero-order valence-corrected chi connectivity index (χ0v) is 9.08. The number of hydrogen-bond donors (Lipinski definition) is 1. The Balaban J connectivity index is 2.54.